The lowest BCUT2D eigenvalue weighted by Crippen LogP contribution is -2.07. The monoisotopic (exact) mass is 227 g/mol. The number of anilines is 1. The zero-order valence-corrected chi connectivity index (χ0v) is 10.2. The van der Waals surface area contributed by atoms with Crippen LogP contribution in [-0.4, -0.2) is 29.6 Å². The highest BCUT2D eigenvalue weighted by molar-refractivity contribution is 7.09. The molecule has 1 aromatic heterocycles. The maximum Gasteiger partial charge on any atom is 0.202 e. The van der Waals surface area contributed by atoms with E-state index in [-0.39, 0.29) is 0 Å². The van der Waals surface area contributed by atoms with E-state index in [1.165, 1.54) is 18.0 Å². The lowest BCUT2D eigenvalue weighted by Gasteiger charge is -1.99. The third kappa shape index (κ3) is 2.46. The summed E-state index contributed by atoms with van der Waals surface area (Å²) in [4.78, 5) is 4.48. The Bertz CT molecular complexity index is 337. The van der Waals surface area contributed by atoms with Gasteiger partial charge in [-0.25, -0.2) is 4.98 Å². The van der Waals surface area contributed by atoms with Crippen molar-refractivity contribution in [2.24, 2.45) is 5.41 Å². The topological polar surface area (TPSA) is 47.0 Å². The number of aromatic nitrogens is 2. The first-order valence-electron chi connectivity index (χ1n) is 5.20. The second-order valence-corrected chi connectivity index (χ2v) is 5.37. The van der Waals surface area contributed by atoms with Gasteiger partial charge < -0.3 is 10.1 Å². The minimum Gasteiger partial charge on any atom is -0.383 e. The van der Waals surface area contributed by atoms with Gasteiger partial charge in [-0.05, 0) is 11.8 Å². The Morgan fingerprint density at radius 1 is 1.60 bits per heavy atom. The van der Waals surface area contributed by atoms with Crippen molar-refractivity contribution in [1.29, 1.82) is 0 Å². The van der Waals surface area contributed by atoms with Crippen molar-refractivity contribution >= 4 is 16.7 Å². The molecule has 4 nitrogen and oxygen atoms in total. The zero-order chi connectivity index (χ0) is 10.9. The average molecular weight is 227 g/mol. The van der Waals surface area contributed by atoms with Crippen LogP contribution in [0.2, 0.25) is 0 Å². The van der Waals surface area contributed by atoms with Crippen LogP contribution in [0.4, 0.5) is 5.13 Å². The zero-order valence-electron chi connectivity index (χ0n) is 9.41. The average Bonchev–Trinajstić information content (AvgIpc) is 2.64. The first-order valence-corrected chi connectivity index (χ1v) is 5.97. The molecule has 1 heterocycles. The van der Waals surface area contributed by atoms with Gasteiger partial charge in [-0.2, -0.15) is 4.37 Å². The lowest BCUT2D eigenvalue weighted by atomic mass is 10.1. The standard InChI is InChI=1S/C10H17N3OS/c1-10(2)6-7(10)8-12-9(15-13-8)11-4-5-14-3/h7H,4-6H2,1-3H3,(H,11,12,13). The predicted molar refractivity (Wildman–Crippen MR) is 61.4 cm³/mol. The first kappa shape index (κ1) is 10.8. The maximum atomic E-state index is 4.96. The summed E-state index contributed by atoms with van der Waals surface area (Å²) in [5.74, 6) is 1.57. The van der Waals surface area contributed by atoms with Gasteiger partial charge in [-0.15, -0.1) is 0 Å². The van der Waals surface area contributed by atoms with Gasteiger partial charge in [0.2, 0.25) is 5.13 Å². The van der Waals surface area contributed by atoms with Crippen LogP contribution in [-0.2, 0) is 4.74 Å². The van der Waals surface area contributed by atoms with E-state index in [4.69, 9.17) is 4.74 Å². The van der Waals surface area contributed by atoms with Crippen LogP contribution in [0.25, 0.3) is 0 Å². The van der Waals surface area contributed by atoms with Crippen LogP contribution < -0.4 is 5.32 Å². The molecule has 0 bridgehead atoms. The molecule has 0 aliphatic heterocycles. The van der Waals surface area contributed by atoms with Crippen LogP contribution in [0, 0.1) is 5.41 Å². The summed E-state index contributed by atoms with van der Waals surface area (Å²) in [6.45, 7) is 6.01. The fourth-order valence-electron chi connectivity index (χ4n) is 1.62. The molecule has 15 heavy (non-hydrogen) atoms. The molecule has 0 aromatic carbocycles. The second-order valence-electron chi connectivity index (χ2n) is 4.62. The summed E-state index contributed by atoms with van der Waals surface area (Å²) in [5, 5.41) is 4.10. The molecule has 1 fully saturated rings. The minimum atomic E-state index is 0.408. The van der Waals surface area contributed by atoms with E-state index in [9.17, 15) is 0 Å². The van der Waals surface area contributed by atoms with Crippen LogP contribution >= 0.6 is 11.5 Å². The van der Waals surface area contributed by atoms with Crippen molar-refractivity contribution in [3.8, 4) is 0 Å². The van der Waals surface area contributed by atoms with Crippen molar-refractivity contribution in [3.63, 3.8) is 0 Å². The highest BCUT2D eigenvalue weighted by Gasteiger charge is 2.49. The number of ether oxygens (including phenoxy) is 1. The Labute approximate surface area is 94.2 Å². The molecular weight excluding hydrogens is 210 g/mol. The smallest absolute Gasteiger partial charge is 0.202 e. The van der Waals surface area contributed by atoms with Crippen molar-refractivity contribution in [2.45, 2.75) is 26.2 Å². The molecule has 84 valence electrons. The maximum absolute atomic E-state index is 4.96. The summed E-state index contributed by atoms with van der Waals surface area (Å²) in [5.41, 5.74) is 0.408. The number of hydrogen-bond donors (Lipinski definition) is 1. The van der Waals surface area contributed by atoms with E-state index in [0.717, 1.165) is 17.5 Å². The molecule has 1 unspecified atom stereocenters. The molecule has 1 aliphatic rings. The lowest BCUT2D eigenvalue weighted by molar-refractivity contribution is 0.211. The van der Waals surface area contributed by atoms with Gasteiger partial charge in [0.25, 0.3) is 0 Å². The largest absolute Gasteiger partial charge is 0.383 e. The number of nitrogens with one attached hydrogen (secondary N) is 1. The van der Waals surface area contributed by atoms with E-state index < -0.39 is 0 Å². The van der Waals surface area contributed by atoms with Crippen molar-refractivity contribution in [1.82, 2.24) is 9.36 Å². The van der Waals surface area contributed by atoms with E-state index >= 15 is 0 Å². The molecular formula is C10H17N3OS. The molecule has 0 radical (unpaired) electrons. The van der Waals surface area contributed by atoms with Crippen LogP contribution in [0.5, 0.6) is 0 Å². The van der Waals surface area contributed by atoms with Crippen LogP contribution in [0.1, 0.15) is 32.0 Å². The minimum absolute atomic E-state index is 0.408. The summed E-state index contributed by atoms with van der Waals surface area (Å²) in [6.07, 6.45) is 1.21. The highest BCUT2D eigenvalue weighted by Crippen LogP contribution is 2.57. The van der Waals surface area contributed by atoms with Gasteiger partial charge in [-0.3, -0.25) is 0 Å². The molecule has 1 atom stereocenters. The molecule has 0 spiro atoms. The van der Waals surface area contributed by atoms with E-state index in [1.54, 1.807) is 7.11 Å². The fraction of sp³-hybridized carbons (Fsp3) is 0.800. The van der Waals surface area contributed by atoms with Crippen molar-refractivity contribution < 1.29 is 4.74 Å². The molecule has 0 saturated heterocycles. The Kier molecular flexibility index (Phi) is 2.93. The van der Waals surface area contributed by atoms with Crippen LogP contribution in [0.3, 0.4) is 0 Å². The molecule has 1 aliphatic carbocycles. The predicted octanol–water partition coefficient (Wildman–Crippen LogP) is 2.11. The Hall–Kier alpha value is -0.680. The number of methoxy groups -OCH3 is 1. The van der Waals surface area contributed by atoms with Gasteiger partial charge >= 0.3 is 0 Å². The summed E-state index contributed by atoms with van der Waals surface area (Å²) < 4.78 is 9.34. The molecule has 1 N–H and O–H groups in total. The van der Waals surface area contributed by atoms with Gasteiger partial charge in [0.15, 0.2) is 0 Å². The van der Waals surface area contributed by atoms with Crippen LogP contribution in [0.15, 0.2) is 0 Å². The normalized spacial score (nSPS) is 22.7. The summed E-state index contributed by atoms with van der Waals surface area (Å²) >= 11 is 1.44. The Balaban J connectivity index is 1.88. The Morgan fingerprint density at radius 2 is 2.33 bits per heavy atom. The second kappa shape index (κ2) is 4.06. The number of hydrogen-bond acceptors (Lipinski definition) is 5. The number of nitrogens with zero attached hydrogens (tertiary/aromatic N) is 2. The third-order valence-corrected chi connectivity index (χ3v) is 3.54. The third-order valence-electron chi connectivity index (χ3n) is 2.85. The SMILES string of the molecule is COCCNc1nc(C2CC2(C)C)ns1. The van der Waals surface area contributed by atoms with E-state index in [0.29, 0.717) is 17.9 Å². The molecule has 5 heteroatoms. The highest BCUT2D eigenvalue weighted by atomic mass is 32.1. The Morgan fingerprint density at radius 3 is 2.93 bits per heavy atom. The van der Waals surface area contributed by atoms with Crippen molar-refractivity contribution in [2.75, 3.05) is 25.6 Å². The molecule has 0 amide bonds. The van der Waals surface area contributed by atoms with Gasteiger partial charge in [0.05, 0.1) is 6.61 Å². The van der Waals surface area contributed by atoms with E-state index in [1.807, 2.05) is 0 Å². The van der Waals surface area contributed by atoms with Gasteiger partial charge in [0, 0.05) is 31.1 Å². The van der Waals surface area contributed by atoms with Crippen molar-refractivity contribution in [3.05, 3.63) is 5.82 Å². The van der Waals surface area contributed by atoms with E-state index in [2.05, 4.69) is 28.5 Å². The molecule has 2 rings (SSSR count). The first-order chi connectivity index (χ1) is 7.13. The fourth-order valence-corrected chi connectivity index (χ4v) is 2.27. The number of rotatable bonds is 5. The van der Waals surface area contributed by atoms with Gasteiger partial charge in [0.1, 0.15) is 5.82 Å². The molecule has 1 aromatic rings. The molecule has 1 saturated carbocycles. The summed E-state index contributed by atoms with van der Waals surface area (Å²) in [6, 6.07) is 0. The van der Waals surface area contributed by atoms with Gasteiger partial charge in [-0.1, -0.05) is 13.8 Å². The quantitative estimate of drug-likeness (QED) is 0.783. The summed E-state index contributed by atoms with van der Waals surface area (Å²) in [7, 11) is 1.69.